The van der Waals surface area contributed by atoms with E-state index in [9.17, 15) is 4.79 Å². The Morgan fingerprint density at radius 3 is 2.56 bits per heavy atom. The zero-order valence-electron chi connectivity index (χ0n) is 10.7. The van der Waals surface area contributed by atoms with E-state index in [4.69, 9.17) is 5.26 Å². The number of carbonyl (C=O) groups excluding carboxylic acids is 1. The first-order chi connectivity index (χ1) is 8.52. The molecule has 0 saturated carbocycles. The number of amides is 2. The van der Waals surface area contributed by atoms with Gasteiger partial charge in [0.15, 0.2) is 0 Å². The highest BCUT2D eigenvalue weighted by Gasteiger charge is 2.08. The van der Waals surface area contributed by atoms with Crippen molar-refractivity contribution >= 4 is 6.03 Å². The minimum Gasteiger partial charge on any atom is -0.334 e. The Morgan fingerprint density at radius 1 is 1.44 bits per heavy atom. The summed E-state index contributed by atoms with van der Waals surface area (Å²) in [6, 6.07) is 8.86. The standard InChI is InChI=1S/C14H17N3O/c1-10(2)9-16-14(18)17-11(3)13-6-4-12(8-15)5-7-13/h4-7,11H,1,9H2,2-3H3,(H2,16,17,18). The number of hydrogen-bond donors (Lipinski definition) is 2. The zero-order valence-corrected chi connectivity index (χ0v) is 10.7. The fraction of sp³-hybridized carbons (Fsp3) is 0.286. The Balaban J connectivity index is 2.54. The van der Waals surface area contributed by atoms with Gasteiger partial charge in [-0.05, 0) is 31.5 Å². The molecule has 94 valence electrons. The molecule has 0 saturated heterocycles. The van der Waals surface area contributed by atoms with Gasteiger partial charge in [0, 0.05) is 6.54 Å². The van der Waals surface area contributed by atoms with Crippen molar-refractivity contribution in [3.05, 3.63) is 47.5 Å². The lowest BCUT2D eigenvalue weighted by Crippen LogP contribution is -2.37. The quantitative estimate of drug-likeness (QED) is 0.798. The zero-order chi connectivity index (χ0) is 13.5. The Kier molecular flexibility index (Phi) is 4.94. The van der Waals surface area contributed by atoms with Crippen molar-refractivity contribution in [2.75, 3.05) is 6.54 Å². The van der Waals surface area contributed by atoms with E-state index in [-0.39, 0.29) is 12.1 Å². The molecule has 0 aliphatic carbocycles. The predicted molar refractivity (Wildman–Crippen MR) is 70.9 cm³/mol. The van der Waals surface area contributed by atoms with Gasteiger partial charge in [0.2, 0.25) is 0 Å². The van der Waals surface area contributed by atoms with Gasteiger partial charge in [0.1, 0.15) is 0 Å². The molecule has 1 unspecified atom stereocenters. The molecule has 0 fully saturated rings. The molecule has 0 aliphatic rings. The second kappa shape index (κ2) is 6.45. The van der Waals surface area contributed by atoms with Crippen molar-refractivity contribution < 1.29 is 4.79 Å². The van der Waals surface area contributed by atoms with Gasteiger partial charge in [0.25, 0.3) is 0 Å². The van der Waals surface area contributed by atoms with Crippen molar-refractivity contribution in [3.63, 3.8) is 0 Å². The van der Waals surface area contributed by atoms with E-state index < -0.39 is 0 Å². The van der Waals surface area contributed by atoms with E-state index in [1.165, 1.54) is 0 Å². The van der Waals surface area contributed by atoms with Crippen LogP contribution in [0.5, 0.6) is 0 Å². The van der Waals surface area contributed by atoms with Crippen LogP contribution < -0.4 is 10.6 Å². The molecule has 18 heavy (non-hydrogen) atoms. The molecule has 1 aromatic rings. The molecule has 1 atom stereocenters. The highest BCUT2D eigenvalue weighted by atomic mass is 16.2. The smallest absolute Gasteiger partial charge is 0.315 e. The van der Waals surface area contributed by atoms with Crippen LogP contribution in [0.3, 0.4) is 0 Å². The minimum atomic E-state index is -0.227. The summed E-state index contributed by atoms with van der Waals surface area (Å²) in [4.78, 5) is 11.5. The van der Waals surface area contributed by atoms with Gasteiger partial charge in [-0.15, -0.1) is 0 Å². The van der Waals surface area contributed by atoms with Crippen LogP contribution in [0.25, 0.3) is 0 Å². The Hall–Kier alpha value is -2.28. The van der Waals surface area contributed by atoms with Crippen LogP contribution in [0.15, 0.2) is 36.4 Å². The molecule has 0 aromatic heterocycles. The monoisotopic (exact) mass is 243 g/mol. The molecular weight excluding hydrogens is 226 g/mol. The number of nitrogens with one attached hydrogen (secondary N) is 2. The second-order valence-corrected chi connectivity index (χ2v) is 4.24. The number of nitrogens with zero attached hydrogens (tertiary/aromatic N) is 1. The maximum absolute atomic E-state index is 11.5. The Bertz CT molecular complexity index is 471. The van der Waals surface area contributed by atoms with Crippen LogP contribution in [0.1, 0.15) is 31.0 Å². The maximum Gasteiger partial charge on any atom is 0.315 e. The van der Waals surface area contributed by atoms with E-state index in [2.05, 4.69) is 23.3 Å². The van der Waals surface area contributed by atoms with E-state index >= 15 is 0 Å². The number of rotatable bonds is 4. The molecule has 1 aromatic carbocycles. The van der Waals surface area contributed by atoms with Gasteiger partial charge in [-0.2, -0.15) is 5.26 Å². The fourth-order valence-corrected chi connectivity index (χ4v) is 1.41. The molecule has 0 aliphatic heterocycles. The summed E-state index contributed by atoms with van der Waals surface area (Å²) in [5.74, 6) is 0. The molecule has 4 heteroatoms. The van der Waals surface area contributed by atoms with Crippen molar-refractivity contribution in [1.82, 2.24) is 10.6 Å². The largest absolute Gasteiger partial charge is 0.334 e. The van der Waals surface area contributed by atoms with E-state index in [1.54, 1.807) is 12.1 Å². The summed E-state index contributed by atoms with van der Waals surface area (Å²) < 4.78 is 0. The maximum atomic E-state index is 11.5. The van der Waals surface area contributed by atoms with Gasteiger partial charge in [-0.1, -0.05) is 24.3 Å². The van der Waals surface area contributed by atoms with Gasteiger partial charge in [-0.3, -0.25) is 0 Å². The normalized spacial score (nSPS) is 11.2. The fourth-order valence-electron chi connectivity index (χ4n) is 1.41. The molecule has 2 N–H and O–H groups in total. The third-order valence-electron chi connectivity index (χ3n) is 2.44. The average Bonchev–Trinajstić information content (AvgIpc) is 2.36. The van der Waals surface area contributed by atoms with Crippen molar-refractivity contribution in [2.24, 2.45) is 0 Å². The number of carbonyl (C=O) groups is 1. The van der Waals surface area contributed by atoms with Gasteiger partial charge in [-0.25, -0.2) is 4.79 Å². The molecule has 4 nitrogen and oxygen atoms in total. The third kappa shape index (κ3) is 4.30. The van der Waals surface area contributed by atoms with Crippen molar-refractivity contribution in [1.29, 1.82) is 5.26 Å². The first kappa shape index (κ1) is 13.8. The summed E-state index contributed by atoms with van der Waals surface area (Å²) in [6.45, 7) is 7.92. The second-order valence-electron chi connectivity index (χ2n) is 4.24. The highest BCUT2D eigenvalue weighted by molar-refractivity contribution is 5.74. The van der Waals surface area contributed by atoms with Crippen LogP contribution in [0.2, 0.25) is 0 Å². The van der Waals surface area contributed by atoms with Crippen molar-refractivity contribution in [3.8, 4) is 6.07 Å². The number of urea groups is 1. The molecule has 1 rings (SSSR count). The third-order valence-corrected chi connectivity index (χ3v) is 2.44. The minimum absolute atomic E-state index is 0.108. The van der Waals surface area contributed by atoms with Crippen molar-refractivity contribution in [2.45, 2.75) is 19.9 Å². The summed E-state index contributed by atoms with van der Waals surface area (Å²) >= 11 is 0. The summed E-state index contributed by atoms with van der Waals surface area (Å²) in [7, 11) is 0. The topological polar surface area (TPSA) is 64.9 Å². The molecule has 0 heterocycles. The molecule has 0 bridgehead atoms. The summed E-state index contributed by atoms with van der Waals surface area (Å²) in [5.41, 5.74) is 2.47. The first-order valence-electron chi connectivity index (χ1n) is 5.71. The van der Waals surface area contributed by atoms with E-state index in [0.717, 1.165) is 11.1 Å². The van der Waals surface area contributed by atoms with Gasteiger partial charge >= 0.3 is 6.03 Å². The highest BCUT2D eigenvalue weighted by Crippen LogP contribution is 2.12. The molecule has 2 amide bonds. The molecule has 0 radical (unpaired) electrons. The lowest BCUT2D eigenvalue weighted by molar-refractivity contribution is 0.238. The van der Waals surface area contributed by atoms with Gasteiger partial charge in [0.05, 0.1) is 17.7 Å². The number of nitriles is 1. The van der Waals surface area contributed by atoms with Crippen LogP contribution >= 0.6 is 0 Å². The van der Waals surface area contributed by atoms with E-state index in [0.29, 0.717) is 12.1 Å². The first-order valence-corrected chi connectivity index (χ1v) is 5.71. The number of hydrogen-bond acceptors (Lipinski definition) is 2. The summed E-state index contributed by atoms with van der Waals surface area (Å²) in [5, 5.41) is 14.2. The molecule has 0 spiro atoms. The summed E-state index contributed by atoms with van der Waals surface area (Å²) in [6.07, 6.45) is 0. The van der Waals surface area contributed by atoms with Crippen LogP contribution in [-0.4, -0.2) is 12.6 Å². The van der Waals surface area contributed by atoms with Crippen LogP contribution in [-0.2, 0) is 0 Å². The predicted octanol–water partition coefficient (Wildman–Crippen LogP) is 2.49. The van der Waals surface area contributed by atoms with Gasteiger partial charge < -0.3 is 10.6 Å². The van der Waals surface area contributed by atoms with Crippen LogP contribution in [0.4, 0.5) is 4.79 Å². The Labute approximate surface area is 107 Å². The van der Waals surface area contributed by atoms with E-state index in [1.807, 2.05) is 26.0 Å². The lowest BCUT2D eigenvalue weighted by atomic mass is 10.1. The Morgan fingerprint density at radius 2 is 2.06 bits per heavy atom. The average molecular weight is 243 g/mol. The lowest BCUT2D eigenvalue weighted by Gasteiger charge is -2.15. The number of benzene rings is 1. The molecular formula is C14H17N3O. The SMILES string of the molecule is C=C(C)CNC(=O)NC(C)c1ccc(C#N)cc1. The van der Waals surface area contributed by atoms with Crippen LogP contribution in [0, 0.1) is 11.3 Å².